The number of aryl methyl sites for hydroxylation is 1. The summed E-state index contributed by atoms with van der Waals surface area (Å²) in [6, 6.07) is 0. The molecule has 0 saturated heterocycles. The van der Waals surface area contributed by atoms with Crippen LogP contribution in [0.15, 0.2) is 4.21 Å². The van der Waals surface area contributed by atoms with E-state index < -0.39 is 10.0 Å². The Morgan fingerprint density at radius 1 is 1.56 bits per heavy atom. The van der Waals surface area contributed by atoms with E-state index in [-0.39, 0.29) is 21.1 Å². The minimum absolute atomic E-state index is 0.0688. The van der Waals surface area contributed by atoms with Gasteiger partial charge in [-0.15, -0.1) is 0 Å². The van der Waals surface area contributed by atoms with Gasteiger partial charge in [-0.2, -0.15) is 4.31 Å². The molecule has 1 N–H and O–H groups in total. The fourth-order valence-electron chi connectivity index (χ4n) is 1.27. The van der Waals surface area contributed by atoms with Gasteiger partial charge in [-0.05, 0) is 13.8 Å². The van der Waals surface area contributed by atoms with E-state index in [4.69, 9.17) is 11.6 Å². The van der Waals surface area contributed by atoms with E-state index in [0.29, 0.717) is 12.2 Å². The van der Waals surface area contributed by atoms with Gasteiger partial charge in [0.1, 0.15) is 0 Å². The first-order valence-corrected chi connectivity index (χ1v) is 7.78. The molecular formula is C9H14ClN3O3S2. The Hall–Kier alpha value is -0.700. The largest absolute Gasteiger partial charge is 0.355 e. The maximum atomic E-state index is 12.2. The number of hydrogen-bond donors (Lipinski definition) is 1. The highest BCUT2D eigenvalue weighted by atomic mass is 35.5. The Labute approximate surface area is 115 Å². The minimum atomic E-state index is -3.72. The van der Waals surface area contributed by atoms with E-state index in [1.165, 1.54) is 7.05 Å². The second kappa shape index (κ2) is 5.96. The maximum Gasteiger partial charge on any atom is 0.254 e. The van der Waals surface area contributed by atoms with Crippen molar-refractivity contribution in [2.45, 2.75) is 18.1 Å². The molecule has 1 aromatic rings. The number of carbonyl (C=O) groups is 1. The van der Waals surface area contributed by atoms with Gasteiger partial charge in [0.15, 0.2) is 8.68 Å². The fraction of sp³-hybridized carbons (Fsp3) is 0.556. The topological polar surface area (TPSA) is 79.4 Å². The molecule has 1 rings (SSSR count). The molecule has 0 unspecified atom stereocenters. The van der Waals surface area contributed by atoms with Crippen LogP contribution in [0.25, 0.3) is 0 Å². The van der Waals surface area contributed by atoms with Gasteiger partial charge in [0.2, 0.25) is 5.91 Å². The molecular weight excluding hydrogens is 298 g/mol. The number of amides is 1. The molecule has 0 aliphatic heterocycles. The molecule has 0 atom stereocenters. The molecule has 0 aliphatic carbocycles. The van der Waals surface area contributed by atoms with Crippen LogP contribution in [0.4, 0.5) is 0 Å². The predicted octanol–water partition coefficient (Wildman–Crippen LogP) is 0.862. The van der Waals surface area contributed by atoms with Gasteiger partial charge in [-0.1, -0.05) is 22.9 Å². The second-order valence-electron chi connectivity index (χ2n) is 3.55. The number of sulfonamides is 1. The Bertz CT molecular complexity index is 541. The van der Waals surface area contributed by atoms with Crippen LogP contribution in [0, 0.1) is 6.92 Å². The lowest BCUT2D eigenvalue weighted by molar-refractivity contribution is -0.121. The van der Waals surface area contributed by atoms with Crippen molar-refractivity contribution in [3.63, 3.8) is 0 Å². The van der Waals surface area contributed by atoms with Gasteiger partial charge >= 0.3 is 0 Å². The zero-order valence-corrected chi connectivity index (χ0v) is 12.6. The number of carbonyl (C=O) groups excluding carboxylic acids is 1. The van der Waals surface area contributed by atoms with Gasteiger partial charge in [-0.25, -0.2) is 13.4 Å². The van der Waals surface area contributed by atoms with Crippen molar-refractivity contribution in [3.8, 4) is 0 Å². The predicted molar refractivity (Wildman–Crippen MR) is 70.4 cm³/mol. The number of halogens is 1. The van der Waals surface area contributed by atoms with Gasteiger partial charge in [0.05, 0.1) is 12.2 Å². The number of nitrogens with one attached hydrogen (secondary N) is 1. The summed E-state index contributed by atoms with van der Waals surface area (Å²) in [5, 5.41) is 2.54. The second-order valence-corrected chi connectivity index (χ2v) is 7.38. The first-order chi connectivity index (χ1) is 8.28. The van der Waals surface area contributed by atoms with Gasteiger partial charge < -0.3 is 5.32 Å². The summed E-state index contributed by atoms with van der Waals surface area (Å²) in [5.41, 5.74) is 0.341. The molecule has 0 fully saturated rings. The lowest BCUT2D eigenvalue weighted by Crippen LogP contribution is -2.38. The molecule has 1 amide bonds. The average Bonchev–Trinajstić information content (AvgIpc) is 2.58. The zero-order chi connectivity index (χ0) is 13.9. The monoisotopic (exact) mass is 311 g/mol. The third-order valence-corrected chi connectivity index (χ3v) is 5.76. The Kier molecular flexibility index (Phi) is 5.09. The lowest BCUT2D eigenvalue weighted by Gasteiger charge is -2.15. The van der Waals surface area contributed by atoms with Gasteiger partial charge in [-0.3, -0.25) is 4.79 Å². The number of likely N-dealkylation sites (N-methyl/N-ethyl adjacent to an activating group) is 2. The van der Waals surface area contributed by atoms with Crippen molar-refractivity contribution in [2.75, 3.05) is 20.1 Å². The molecule has 0 radical (unpaired) electrons. The molecule has 0 aromatic carbocycles. The summed E-state index contributed by atoms with van der Waals surface area (Å²) in [6.07, 6.45) is 0. The number of hydrogen-bond acceptors (Lipinski definition) is 5. The molecule has 1 aromatic heterocycles. The van der Waals surface area contributed by atoms with E-state index in [9.17, 15) is 13.2 Å². The third-order valence-electron chi connectivity index (χ3n) is 2.11. The maximum absolute atomic E-state index is 12.2. The van der Waals surface area contributed by atoms with Crippen molar-refractivity contribution in [2.24, 2.45) is 0 Å². The SMILES string of the molecule is CCNC(=O)CN(C)S(=O)(=O)c1sc(Cl)nc1C. The highest BCUT2D eigenvalue weighted by Crippen LogP contribution is 2.28. The van der Waals surface area contributed by atoms with Gasteiger partial charge in [0.25, 0.3) is 10.0 Å². The quantitative estimate of drug-likeness (QED) is 0.875. The summed E-state index contributed by atoms with van der Waals surface area (Å²) in [7, 11) is -2.37. The molecule has 18 heavy (non-hydrogen) atoms. The average molecular weight is 312 g/mol. The molecule has 0 aliphatic rings. The van der Waals surface area contributed by atoms with E-state index in [1.807, 2.05) is 0 Å². The summed E-state index contributed by atoms with van der Waals surface area (Å²) in [4.78, 5) is 15.2. The zero-order valence-electron chi connectivity index (χ0n) is 10.2. The molecule has 0 saturated carbocycles. The normalized spacial score (nSPS) is 11.8. The van der Waals surface area contributed by atoms with Crippen LogP contribution in [-0.2, 0) is 14.8 Å². The lowest BCUT2D eigenvalue weighted by atomic mass is 10.5. The Balaban J connectivity index is 2.93. The van der Waals surface area contributed by atoms with Crippen LogP contribution < -0.4 is 5.32 Å². The van der Waals surface area contributed by atoms with Crippen LogP contribution in [0.3, 0.4) is 0 Å². The van der Waals surface area contributed by atoms with Crippen LogP contribution in [0.1, 0.15) is 12.6 Å². The third kappa shape index (κ3) is 3.41. The number of aromatic nitrogens is 1. The van der Waals surface area contributed by atoms with Crippen molar-refractivity contribution in [3.05, 3.63) is 10.2 Å². The molecule has 102 valence electrons. The molecule has 0 bridgehead atoms. The molecule has 9 heteroatoms. The van der Waals surface area contributed by atoms with E-state index in [1.54, 1.807) is 13.8 Å². The highest BCUT2D eigenvalue weighted by Gasteiger charge is 2.27. The molecule has 6 nitrogen and oxygen atoms in total. The smallest absolute Gasteiger partial charge is 0.254 e. The molecule has 0 spiro atoms. The van der Waals surface area contributed by atoms with E-state index in [0.717, 1.165) is 15.6 Å². The number of nitrogens with zero attached hydrogens (tertiary/aromatic N) is 2. The van der Waals surface area contributed by atoms with Crippen LogP contribution in [0.5, 0.6) is 0 Å². The Morgan fingerprint density at radius 3 is 2.61 bits per heavy atom. The van der Waals surface area contributed by atoms with Crippen LogP contribution in [0.2, 0.25) is 4.47 Å². The summed E-state index contributed by atoms with van der Waals surface area (Å²) < 4.78 is 25.5. The first-order valence-electron chi connectivity index (χ1n) is 5.15. The van der Waals surface area contributed by atoms with Crippen molar-refractivity contribution in [1.82, 2.24) is 14.6 Å². The molecule has 1 heterocycles. The highest BCUT2D eigenvalue weighted by molar-refractivity contribution is 7.91. The summed E-state index contributed by atoms with van der Waals surface area (Å²) >= 11 is 6.56. The van der Waals surface area contributed by atoms with E-state index in [2.05, 4.69) is 10.3 Å². The summed E-state index contributed by atoms with van der Waals surface area (Å²) in [5.74, 6) is -0.350. The van der Waals surface area contributed by atoms with Crippen LogP contribution in [-0.4, -0.2) is 43.8 Å². The number of thiazole rings is 1. The first kappa shape index (κ1) is 15.4. The Morgan fingerprint density at radius 2 is 2.17 bits per heavy atom. The van der Waals surface area contributed by atoms with Crippen molar-refractivity contribution >= 4 is 38.9 Å². The minimum Gasteiger partial charge on any atom is -0.355 e. The van der Waals surface area contributed by atoms with Crippen molar-refractivity contribution in [1.29, 1.82) is 0 Å². The summed E-state index contributed by atoms with van der Waals surface area (Å²) in [6.45, 7) is 3.55. The van der Waals surface area contributed by atoms with E-state index >= 15 is 0 Å². The van der Waals surface area contributed by atoms with Gasteiger partial charge in [0, 0.05) is 13.6 Å². The van der Waals surface area contributed by atoms with Crippen LogP contribution >= 0.6 is 22.9 Å². The number of rotatable bonds is 5. The fourth-order valence-corrected chi connectivity index (χ4v) is 4.33. The standard InChI is InChI=1S/C9H14ClN3O3S2/c1-4-11-7(14)5-13(3)18(15,16)8-6(2)12-9(10)17-8/h4-5H2,1-3H3,(H,11,14). The van der Waals surface area contributed by atoms with Crippen molar-refractivity contribution < 1.29 is 13.2 Å².